The van der Waals surface area contributed by atoms with Crippen molar-refractivity contribution in [2.75, 3.05) is 20.3 Å². The van der Waals surface area contributed by atoms with Gasteiger partial charge in [-0.2, -0.15) is 0 Å². The van der Waals surface area contributed by atoms with E-state index in [-0.39, 0.29) is 15.7 Å². The van der Waals surface area contributed by atoms with Crippen LogP contribution in [0.15, 0.2) is 22.7 Å². The Balaban J connectivity index is 2.70. The average Bonchev–Trinajstić information content (AvgIpc) is 2.47. The first-order chi connectivity index (χ1) is 10.4. The number of hydrogen-bond acceptors (Lipinski definition) is 6. The van der Waals surface area contributed by atoms with Crippen molar-refractivity contribution in [1.82, 2.24) is 5.32 Å². The van der Waals surface area contributed by atoms with Crippen LogP contribution in [-0.2, 0) is 14.3 Å². The van der Waals surface area contributed by atoms with Crippen LogP contribution >= 0.6 is 15.9 Å². The van der Waals surface area contributed by atoms with Gasteiger partial charge in [0.25, 0.3) is 11.6 Å². The smallest absolute Gasteiger partial charge is 0.339 e. The summed E-state index contributed by atoms with van der Waals surface area (Å²) in [6.45, 7) is 2.04. The lowest BCUT2D eigenvalue weighted by Crippen LogP contribution is -2.37. The van der Waals surface area contributed by atoms with Crippen molar-refractivity contribution in [3.05, 3.63) is 38.3 Å². The summed E-state index contributed by atoms with van der Waals surface area (Å²) < 4.78 is 10.0. The van der Waals surface area contributed by atoms with Gasteiger partial charge in [0.1, 0.15) is 0 Å². The minimum Gasteiger partial charge on any atom is -0.449 e. The van der Waals surface area contributed by atoms with Crippen LogP contribution in [0.25, 0.3) is 0 Å². The highest BCUT2D eigenvalue weighted by Gasteiger charge is 2.21. The molecule has 0 fully saturated rings. The van der Waals surface area contributed by atoms with E-state index in [1.807, 2.05) is 0 Å². The van der Waals surface area contributed by atoms with Crippen molar-refractivity contribution in [2.45, 2.75) is 13.0 Å². The predicted molar refractivity (Wildman–Crippen MR) is 80.6 cm³/mol. The molecular weight excluding hydrogens is 360 g/mol. The molecule has 1 aromatic rings. The number of hydrogen-bond donors (Lipinski definition) is 1. The summed E-state index contributed by atoms with van der Waals surface area (Å²) in [5.41, 5.74) is -0.266. The normalized spacial score (nSPS) is 11.6. The number of benzene rings is 1. The quantitative estimate of drug-likeness (QED) is 0.336. The van der Waals surface area contributed by atoms with Crippen molar-refractivity contribution in [2.24, 2.45) is 0 Å². The molecule has 1 rings (SSSR count). The van der Waals surface area contributed by atoms with Crippen LogP contribution < -0.4 is 5.32 Å². The zero-order valence-electron chi connectivity index (χ0n) is 12.0. The first-order valence-electron chi connectivity index (χ1n) is 6.28. The number of halogens is 1. The summed E-state index contributed by atoms with van der Waals surface area (Å²) >= 11 is 3.02. The lowest BCUT2D eigenvalue weighted by atomic mass is 10.2. The number of ether oxygens (including phenoxy) is 2. The Morgan fingerprint density at radius 2 is 2.14 bits per heavy atom. The number of nitrogens with one attached hydrogen (secondary N) is 1. The number of carbonyl (C=O) groups excluding carboxylic acids is 2. The average molecular weight is 375 g/mol. The first kappa shape index (κ1) is 18.1. The minimum atomic E-state index is -1.02. The highest BCUT2D eigenvalue weighted by Crippen LogP contribution is 2.26. The first-order valence-corrected chi connectivity index (χ1v) is 7.07. The maximum absolute atomic E-state index is 11.9. The van der Waals surface area contributed by atoms with Crippen molar-refractivity contribution >= 4 is 33.5 Å². The monoisotopic (exact) mass is 374 g/mol. The van der Waals surface area contributed by atoms with Crippen molar-refractivity contribution in [1.29, 1.82) is 0 Å². The second-order valence-electron chi connectivity index (χ2n) is 4.25. The second-order valence-corrected chi connectivity index (χ2v) is 5.11. The molecule has 0 saturated carbocycles. The number of amides is 1. The molecule has 0 bridgehead atoms. The molecule has 0 aliphatic rings. The second kappa shape index (κ2) is 8.44. The van der Waals surface area contributed by atoms with Crippen LogP contribution in [0.1, 0.15) is 17.3 Å². The minimum absolute atomic E-state index is 0.00792. The van der Waals surface area contributed by atoms with Gasteiger partial charge >= 0.3 is 5.97 Å². The van der Waals surface area contributed by atoms with E-state index >= 15 is 0 Å². The Labute approximate surface area is 135 Å². The molecule has 8 nitrogen and oxygen atoms in total. The zero-order chi connectivity index (χ0) is 16.7. The Kier molecular flexibility index (Phi) is 6.93. The molecule has 120 valence electrons. The van der Waals surface area contributed by atoms with Crippen molar-refractivity contribution in [3.8, 4) is 0 Å². The molecule has 0 spiro atoms. The lowest BCUT2D eigenvalue weighted by molar-refractivity contribution is -0.385. The van der Waals surface area contributed by atoms with Gasteiger partial charge in [-0.05, 0) is 35.0 Å². The van der Waals surface area contributed by atoms with E-state index in [9.17, 15) is 19.7 Å². The van der Waals surface area contributed by atoms with Gasteiger partial charge in [0, 0.05) is 19.7 Å². The standard InChI is InChI=1S/C13H15BrN2O6/c1-8(12(17)15-5-6-21-2)22-13(18)9-3-4-10(14)11(7-9)16(19)20/h3-4,7-8H,5-6H2,1-2H3,(H,15,17)/t8-/m0/s1. The molecule has 1 atom stereocenters. The summed E-state index contributed by atoms with van der Waals surface area (Å²) in [5, 5.41) is 13.3. The Morgan fingerprint density at radius 3 is 2.73 bits per heavy atom. The molecule has 22 heavy (non-hydrogen) atoms. The molecule has 0 aliphatic heterocycles. The highest BCUT2D eigenvalue weighted by atomic mass is 79.9. The number of esters is 1. The fourth-order valence-corrected chi connectivity index (χ4v) is 1.87. The van der Waals surface area contributed by atoms with E-state index in [2.05, 4.69) is 21.2 Å². The molecule has 0 saturated heterocycles. The summed E-state index contributed by atoms with van der Waals surface area (Å²) in [7, 11) is 1.50. The van der Waals surface area contributed by atoms with E-state index in [0.29, 0.717) is 13.2 Å². The number of carbonyl (C=O) groups is 2. The summed E-state index contributed by atoms with van der Waals surface area (Å²) in [4.78, 5) is 33.8. The third kappa shape index (κ3) is 5.08. The van der Waals surface area contributed by atoms with Gasteiger partial charge in [0.15, 0.2) is 6.10 Å². The van der Waals surface area contributed by atoms with Gasteiger partial charge < -0.3 is 14.8 Å². The van der Waals surface area contributed by atoms with Gasteiger partial charge in [0.05, 0.1) is 21.6 Å². The van der Waals surface area contributed by atoms with Gasteiger partial charge in [-0.15, -0.1) is 0 Å². The Bertz CT molecular complexity index is 578. The topological polar surface area (TPSA) is 108 Å². The summed E-state index contributed by atoms with van der Waals surface area (Å²) in [6, 6.07) is 3.83. The number of nitro benzene ring substituents is 1. The van der Waals surface area contributed by atoms with Crippen LogP contribution in [0, 0.1) is 10.1 Å². The molecule has 0 heterocycles. The Morgan fingerprint density at radius 1 is 1.45 bits per heavy atom. The Hall–Kier alpha value is -2.00. The van der Waals surface area contributed by atoms with Gasteiger partial charge in [-0.3, -0.25) is 14.9 Å². The molecule has 0 aliphatic carbocycles. The number of rotatable bonds is 7. The molecule has 1 N–H and O–H groups in total. The fraction of sp³-hybridized carbons (Fsp3) is 0.385. The van der Waals surface area contributed by atoms with Crippen molar-refractivity contribution in [3.63, 3.8) is 0 Å². The molecule has 1 aromatic carbocycles. The maximum atomic E-state index is 11.9. The molecule has 0 unspecified atom stereocenters. The molecule has 0 aromatic heterocycles. The summed E-state index contributed by atoms with van der Waals surface area (Å²) in [6.07, 6.45) is -1.02. The lowest BCUT2D eigenvalue weighted by Gasteiger charge is -2.13. The molecule has 9 heteroatoms. The third-order valence-corrected chi connectivity index (χ3v) is 3.31. The van der Waals surface area contributed by atoms with Crippen LogP contribution in [0.3, 0.4) is 0 Å². The van der Waals surface area contributed by atoms with Gasteiger partial charge in [-0.25, -0.2) is 4.79 Å². The van der Waals surface area contributed by atoms with Gasteiger partial charge in [0.2, 0.25) is 0 Å². The number of nitro groups is 1. The van der Waals surface area contributed by atoms with E-state index in [0.717, 1.165) is 6.07 Å². The van der Waals surface area contributed by atoms with Crippen LogP contribution in [-0.4, -0.2) is 43.2 Å². The van der Waals surface area contributed by atoms with Crippen LogP contribution in [0.4, 0.5) is 5.69 Å². The predicted octanol–water partition coefficient (Wildman–Crippen LogP) is 1.67. The number of nitrogens with zero attached hydrogens (tertiary/aromatic N) is 1. The maximum Gasteiger partial charge on any atom is 0.339 e. The third-order valence-electron chi connectivity index (χ3n) is 2.64. The number of methoxy groups -OCH3 is 1. The molecular formula is C13H15BrN2O6. The van der Waals surface area contributed by atoms with Crippen molar-refractivity contribution < 1.29 is 24.0 Å². The zero-order valence-corrected chi connectivity index (χ0v) is 13.6. The van der Waals surface area contributed by atoms with E-state index in [4.69, 9.17) is 9.47 Å². The van der Waals surface area contributed by atoms with Gasteiger partial charge in [-0.1, -0.05) is 0 Å². The highest BCUT2D eigenvalue weighted by molar-refractivity contribution is 9.10. The van der Waals surface area contributed by atoms with E-state index in [1.165, 1.54) is 26.2 Å². The molecule has 1 amide bonds. The summed E-state index contributed by atoms with van der Waals surface area (Å²) in [5.74, 6) is -1.29. The SMILES string of the molecule is COCCNC(=O)[C@H](C)OC(=O)c1ccc(Br)c([N+](=O)[O-])c1. The van der Waals surface area contributed by atoms with Crippen LogP contribution in [0.5, 0.6) is 0 Å². The molecule has 0 radical (unpaired) electrons. The van der Waals surface area contributed by atoms with Crippen LogP contribution in [0.2, 0.25) is 0 Å². The van der Waals surface area contributed by atoms with E-state index < -0.39 is 22.9 Å². The fourth-order valence-electron chi connectivity index (χ4n) is 1.48. The largest absolute Gasteiger partial charge is 0.449 e. The van der Waals surface area contributed by atoms with E-state index in [1.54, 1.807) is 0 Å².